The van der Waals surface area contributed by atoms with Crippen LogP contribution in [-0.2, 0) is 4.79 Å². The Labute approximate surface area is 103 Å². The van der Waals surface area contributed by atoms with E-state index >= 15 is 0 Å². The van der Waals surface area contributed by atoms with Crippen LogP contribution in [0.4, 0.5) is 0 Å². The summed E-state index contributed by atoms with van der Waals surface area (Å²) in [5.74, 6) is -0.129. The molecule has 17 heavy (non-hydrogen) atoms. The Kier molecular flexibility index (Phi) is 6.16. The number of carbonyl (C=O) groups is 1. The van der Waals surface area contributed by atoms with Gasteiger partial charge in [0.15, 0.2) is 0 Å². The number of piperidine rings is 1. The Morgan fingerprint density at radius 1 is 1.41 bits per heavy atom. The summed E-state index contributed by atoms with van der Waals surface area (Å²) in [6.45, 7) is 4.49. The molecule has 1 aliphatic heterocycles. The minimum Gasteiger partial charge on any atom is -0.390 e. The summed E-state index contributed by atoms with van der Waals surface area (Å²) < 4.78 is 0. The Balaban J connectivity index is 2.48. The minimum atomic E-state index is -0.129. The first-order chi connectivity index (χ1) is 8.29. The van der Waals surface area contributed by atoms with Crippen molar-refractivity contribution in [3.05, 3.63) is 11.8 Å². The number of nitriles is 1. The fourth-order valence-corrected chi connectivity index (χ4v) is 1.86. The van der Waals surface area contributed by atoms with E-state index in [9.17, 15) is 4.79 Å². The van der Waals surface area contributed by atoms with E-state index in [1.165, 1.54) is 6.42 Å². The Bertz CT molecular complexity index is 311. The lowest BCUT2D eigenvalue weighted by Crippen LogP contribution is -2.36. The number of amides is 1. The molecule has 0 atom stereocenters. The van der Waals surface area contributed by atoms with Crippen molar-refractivity contribution in [1.82, 2.24) is 10.2 Å². The number of likely N-dealkylation sites (tertiary alicyclic amines) is 1. The molecule has 0 aromatic carbocycles. The van der Waals surface area contributed by atoms with Gasteiger partial charge in [-0.3, -0.25) is 4.79 Å². The summed E-state index contributed by atoms with van der Waals surface area (Å²) in [6.07, 6.45) is 6.99. The molecule has 1 rings (SSSR count). The monoisotopic (exact) mass is 235 g/mol. The van der Waals surface area contributed by atoms with E-state index in [4.69, 9.17) is 5.26 Å². The molecular formula is C13H21N3O. The molecular weight excluding hydrogens is 214 g/mol. The second-order valence-corrected chi connectivity index (χ2v) is 4.33. The maximum absolute atomic E-state index is 12.0. The zero-order chi connectivity index (χ0) is 12.5. The maximum atomic E-state index is 12.0. The second-order valence-electron chi connectivity index (χ2n) is 4.33. The zero-order valence-corrected chi connectivity index (χ0v) is 10.5. The molecule has 1 amide bonds. The average molecular weight is 235 g/mol. The fourth-order valence-electron chi connectivity index (χ4n) is 1.86. The summed E-state index contributed by atoms with van der Waals surface area (Å²) >= 11 is 0. The minimum absolute atomic E-state index is 0.129. The highest BCUT2D eigenvalue weighted by Crippen LogP contribution is 2.11. The van der Waals surface area contributed by atoms with Gasteiger partial charge in [-0.2, -0.15) is 5.26 Å². The predicted molar refractivity (Wildman–Crippen MR) is 67.0 cm³/mol. The van der Waals surface area contributed by atoms with Gasteiger partial charge in [0.05, 0.1) is 0 Å². The van der Waals surface area contributed by atoms with Gasteiger partial charge in [0, 0.05) is 25.8 Å². The van der Waals surface area contributed by atoms with Crippen molar-refractivity contribution in [2.24, 2.45) is 0 Å². The van der Waals surface area contributed by atoms with Gasteiger partial charge in [0.2, 0.25) is 0 Å². The number of hydrogen-bond donors (Lipinski definition) is 1. The van der Waals surface area contributed by atoms with Crippen molar-refractivity contribution in [3.63, 3.8) is 0 Å². The van der Waals surface area contributed by atoms with Gasteiger partial charge < -0.3 is 10.2 Å². The number of unbranched alkanes of at least 4 members (excludes halogenated alkanes) is 1. The van der Waals surface area contributed by atoms with E-state index in [0.29, 0.717) is 0 Å². The highest BCUT2D eigenvalue weighted by atomic mass is 16.2. The highest BCUT2D eigenvalue weighted by molar-refractivity contribution is 5.97. The van der Waals surface area contributed by atoms with E-state index in [2.05, 4.69) is 12.2 Å². The number of nitrogens with one attached hydrogen (secondary N) is 1. The van der Waals surface area contributed by atoms with Crippen molar-refractivity contribution in [2.75, 3.05) is 19.6 Å². The van der Waals surface area contributed by atoms with E-state index in [-0.39, 0.29) is 11.5 Å². The first-order valence-electron chi connectivity index (χ1n) is 6.42. The maximum Gasteiger partial charge on any atom is 0.265 e. The van der Waals surface area contributed by atoms with Crippen LogP contribution in [0, 0.1) is 11.3 Å². The molecule has 0 spiro atoms. The van der Waals surface area contributed by atoms with Gasteiger partial charge >= 0.3 is 0 Å². The lowest BCUT2D eigenvalue weighted by molar-refractivity contribution is -0.127. The topological polar surface area (TPSA) is 56.1 Å². The quantitative estimate of drug-likeness (QED) is 0.449. The van der Waals surface area contributed by atoms with Crippen LogP contribution in [0.5, 0.6) is 0 Å². The molecule has 0 aromatic rings. The largest absolute Gasteiger partial charge is 0.390 e. The summed E-state index contributed by atoms with van der Waals surface area (Å²) in [5, 5.41) is 12.0. The number of nitrogens with zero attached hydrogens (tertiary/aromatic N) is 2. The molecule has 94 valence electrons. The van der Waals surface area contributed by atoms with Gasteiger partial charge in [-0.25, -0.2) is 0 Å². The SMILES string of the molecule is CCCCN/C=C(/C#N)C(=O)N1CCCCC1. The Morgan fingerprint density at radius 2 is 2.12 bits per heavy atom. The molecule has 1 aliphatic rings. The van der Waals surface area contributed by atoms with E-state index in [1.54, 1.807) is 11.1 Å². The third kappa shape index (κ3) is 4.48. The van der Waals surface area contributed by atoms with Crippen molar-refractivity contribution in [3.8, 4) is 6.07 Å². The molecule has 0 radical (unpaired) electrons. The van der Waals surface area contributed by atoms with Gasteiger partial charge in [-0.15, -0.1) is 0 Å². The van der Waals surface area contributed by atoms with Crippen LogP contribution in [0.15, 0.2) is 11.8 Å². The van der Waals surface area contributed by atoms with Crippen LogP contribution < -0.4 is 5.32 Å². The third-order valence-electron chi connectivity index (χ3n) is 2.92. The number of carbonyl (C=O) groups excluding carboxylic acids is 1. The van der Waals surface area contributed by atoms with E-state index < -0.39 is 0 Å². The molecule has 0 unspecified atom stereocenters. The number of rotatable bonds is 5. The van der Waals surface area contributed by atoms with Crippen LogP contribution in [0.1, 0.15) is 39.0 Å². The van der Waals surface area contributed by atoms with E-state index in [1.807, 2.05) is 6.07 Å². The molecule has 1 saturated heterocycles. The van der Waals surface area contributed by atoms with Crippen LogP contribution >= 0.6 is 0 Å². The Hall–Kier alpha value is -1.50. The van der Waals surface area contributed by atoms with Crippen molar-refractivity contribution < 1.29 is 4.79 Å². The molecule has 4 nitrogen and oxygen atoms in total. The zero-order valence-electron chi connectivity index (χ0n) is 10.5. The summed E-state index contributed by atoms with van der Waals surface area (Å²) in [4.78, 5) is 13.8. The van der Waals surface area contributed by atoms with Crippen LogP contribution in [0.2, 0.25) is 0 Å². The van der Waals surface area contributed by atoms with E-state index in [0.717, 1.165) is 45.3 Å². The van der Waals surface area contributed by atoms with Crippen LogP contribution in [0.3, 0.4) is 0 Å². The molecule has 0 saturated carbocycles. The fraction of sp³-hybridized carbons (Fsp3) is 0.692. The van der Waals surface area contributed by atoms with Crippen molar-refractivity contribution in [1.29, 1.82) is 5.26 Å². The molecule has 1 fully saturated rings. The average Bonchev–Trinajstić information content (AvgIpc) is 2.39. The first-order valence-corrected chi connectivity index (χ1v) is 6.42. The van der Waals surface area contributed by atoms with Gasteiger partial charge in [0.25, 0.3) is 5.91 Å². The summed E-state index contributed by atoms with van der Waals surface area (Å²) in [7, 11) is 0. The molecule has 1 N–H and O–H groups in total. The highest BCUT2D eigenvalue weighted by Gasteiger charge is 2.19. The van der Waals surface area contributed by atoms with Crippen molar-refractivity contribution in [2.45, 2.75) is 39.0 Å². The summed E-state index contributed by atoms with van der Waals surface area (Å²) in [6, 6.07) is 1.98. The summed E-state index contributed by atoms with van der Waals surface area (Å²) in [5.41, 5.74) is 0.225. The molecule has 4 heteroatoms. The molecule has 0 aliphatic carbocycles. The lowest BCUT2D eigenvalue weighted by atomic mass is 10.1. The molecule has 0 bridgehead atoms. The normalized spacial score (nSPS) is 16.5. The first kappa shape index (κ1) is 13.6. The second kappa shape index (κ2) is 7.72. The smallest absolute Gasteiger partial charge is 0.265 e. The van der Waals surface area contributed by atoms with Crippen molar-refractivity contribution >= 4 is 5.91 Å². The lowest BCUT2D eigenvalue weighted by Gasteiger charge is -2.26. The Morgan fingerprint density at radius 3 is 2.71 bits per heavy atom. The standard InChI is InChI=1S/C13H21N3O/c1-2-3-7-15-11-12(10-14)13(17)16-8-5-4-6-9-16/h11,15H,2-9H2,1H3/b12-11-. The molecule has 1 heterocycles. The van der Waals surface area contributed by atoms with Gasteiger partial charge in [-0.1, -0.05) is 13.3 Å². The van der Waals surface area contributed by atoms with Crippen LogP contribution in [-0.4, -0.2) is 30.4 Å². The predicted octanol–water partition coefficient (Wildman–Crippen LogP) is 1.80. The molecule has 0 aromatic heterocycles. The number of hydrogen-bond acceptors (Lipinski definition) is 3. The third-order valence-corrected chi connectivity index (χ3v) is 2.92. The van der Waals surface area contributed by atoms with Gasteiger partial charge in [-0.05, 0) is 25.7 Å². The van der Waals surface area contributed by atoms with Gasteiger partial charge in [0.1, 0.15) is 11.6 Å². The van der Waals surface area contributed by atoms with Crippen LogP contribution in [0.25, 0.3) is 0 Å².